The SMILES string of the molecule is Cn1cccc1C(=O)N1CCCCCC1CO. The van der Waals surface area contributed by atoms with E-state index in [1.54, 1.807) is 0 Å². The van der Waals surface area contributed by atoms with Crippen molar-refractivity contribution in [2.75, 3.05) is 13.2 Å². The molecule has 4 heteroatoms. The Morgan fingerprint density at radius 1 is 1.47 bits per heavy atom. The summed E-state index contributed by atoms with van der Waals surface area (Å²) in [6.07, 6.45) is 6.06. The molecule has 1 amide bonds. The van der Waals surface area contributed by atoms with E-state index in [9.17, 15) is 9.90 Å². The Kier molecular flexibility index (Phi) is 3.84. The summed E-state index contributed by atoms with van der Waals surface area (Å²) in [4.78, 5) is 14.2. The number of aliphatic hydroxyl groups is 1. The van der Waals surface area contributed by atoms with Crippen molar-refractivity contribution in [3.05, 3.63) is 24.0 Å². The van der Waals surface area contributed by atoms with Crippen LogP contribution in [-0.2, 0) is 7.05 Å². The maximum atomic E-state index is 12.4. The second-order valence-electron chi connectivity index (χ2n) is 4.69. The van der Waals surface area contributed by atoms with Crippen LogP contribution in [0.1, 0.15) is 36.2 Å². The van der Waals surface area contributed by atoms with E-state index in [4.69, 9.17) is 0 Å². The van der Waals surface area contributed by atoms with Crippen LogP contribution in [0.15, 0.2) is 18.3 Å². The van der Waals surface area contributed by atoms with Crippen molar-refractivity contribution in [1.29, 1.82) is 0 Å². The molecule has 4 nitrogen and oxygen atoms in total. The van der Waals surface area contributed by atoms with Crippen LogP contribution in [0.4, 0.5) is 0 Å². The highest BCUT2D eigenvalue weighted by molar-refractivity contribution is 5.93. The van der Waals surface area contributed by atoms with E-state index >= 15 is 0 Å². The van der Waals surface area contributed by atoms with Gasteiger partial charge in [0, 0.05) is 19.8 Å². The predicted molar refractivity (Wildman–Crippen MR) is 65.8 cm³/mol. The van der Waals surface area contributed by atoms with Gasteiger partial charge in [0.05, 0.1) is 12.6 Å². The zero-order valence-corrected chi connectivity index (χ0v) is 10.3. The number of aliphatic hydroxyl groups excluding tert-OH is 1. The van der Waals surface area contributed by atoms with E-state index in [1.165, 1.54) is 0 Å². The smallest absolute Gasteiger partial charge is 0.270 e. The number of likely N-dealkylation sites (tertiary alicyclic amines) is 1. The van der Waals surface area contributed by atoms with Gasteiger partial charge in [-0.25, -0.2) is 0 Å². The molecule has 1 N–H and O–H groups in total. The Balaban J connectivity index is 2.18. The van der Waals surface area contributed by atoms with Crippen LogP contribution in [-0.4, -0.2) is 39.7 Å². The highest BCUT2D eigenvalue weighted by Crippen LogP contribution is 2.19. The molecule has 2 heterocycles. The maximum absolute atomic E-state index is 12.4. The lowest BCUT2D eigenvalue weighted by atomic mass is 10.1. The Morgan fingerprint density at radius 3 is 2.94 bits per heavy atom. The van der Waals surface area contributed by atoms with Gasteiger partial charge in [0.25, 0.3) is 5.91 Å². The second kappa shape index (κ2) is 5.36. The van der Waals surface area contributed by atoms with E-state index in [0.717, 1.165) is 32.2 Å². The molecule has 1 atom stereocenters. The number of carbonyl (C=O) groups excluding carboxylic acids is 1. The van der Waals surface area contributed by atoms with Gasteiger partial charge in [-0.3, -0.25) is 4.79 Å². The molecule has 0 radical (unpaired) electrons. The van der Waals surface area contributed by atoms with Gasteiger partial charge in [-0.05, 0) is 25.0 Å². The van der Waals surface area contributed by atoms with E-state index in [0.29, 0.717) is 5.69 Å². The summed E-state index contributed by atoms with van der Waals surface area (Å²) in [5, 5.41) is 9.40. The number of nitrogens with zero attached hydrogens (tertiary/aromatic N) is 2. The minimum atomic E-state index is -0.0140. The van der Waals surface area contributed by atoms with Crippen LogP contribution in [0.5, 0.6) is 0 Å². The van der Waals surface area contributed by atoms with Gasteiger partial charge < -0.3 is 14.6 Å². The number of carbonyl (C=O) groups is 1. The Bertz CT molecular complexity index is 387. The summed E-state index contributed by atoms with van der Waals surface area (Å²) in [6.45, 7) is 0.825. The lowest BCUT2D eigenvalue weighted by Gasteiger charge is -2.28. The molecule has 1 fully saturated rings. The van der Waals surface area contributed by atoms with Crippen molar-refractivity contribution in [2.45, 2.75) is 31.7 Å². The first kappa shape index (κ1) is 12.2. The summed E-state index contributed by atoms with van der Waals surface area (Å²) >= 11 is 0. The molecular formula is C13H20N2O2. The maximum Gasteiger partial charge on any atom is 0.270 e. The molecule has 2 rings (SSSR count). The molecule has 1 aliphatic rings. The van der Waals surface area contributed by atoms with Crippen LogP contribution >= 0.6 is 0 Å². The molecule has 0 aliphatic carbocycles. The van der Waals surface area contributed by atoms with Gasteiger partial charge in [0.15, 0.2) is 0 Å². The van der Waals surface area contributed by atoms with Crippen LogP contribution in [0.3, 0.4) is 0 Å². The van der Waals surface area contributed by atoms with Gasteiger partial charge >= 0.3 is 0 Å². The highest BCUT2D eigenvalue weighted by Gasteiger charge is 2.26. The van der Waals surface area contributed by atoms with Gasteiger partial charge in [-0.2, -0.15) is 0 Å². The van der Waals surface area contributed by atoms with E-state index in [1.807, 2.05) is 34.8 Å². The lowest BCUT2D eigenvalue weighted by Crippen LogP contribution is -2.42. The van der Waals surface area contributed by atoms with Crippen molar-refractivity contribution in [1.82, 2.24) is 9.47 Å². The minimum Gasteiger partial charge on any atom is -0.394 e. The molecule has 1 aliphatic heterocycles. The number of rotatable bonds is 2. The van der Waals surface area contributed by atoms with Gasteiger partial charge in [-0.15, -0.1) is 0 Å². The van der Waals surface area contributed by atoms with Gasteiger partial charge in [-0.1, -0.05) is 12.8 Å². The molecule has 1 saturated heterocycles. The zero-order valence-electron chi connectivity index (χ0n) is 10.3. The molecule has 0 bridgehead atoms. The summed E-state index contributed by atoms with van der Waals surface area (Å²) in [6, 6.07) is 3.70. The first-order chi connectivity index (χ1) is 8.24. The van der Waals surface area contributed by atoms with Crippen LogP contribution in [0.2, 0.25) is 0 Å². The molecule has 1 aromatic heterocycles. The minimum absolute atomic E-state index is 0.0140. The van der Waals surface area contributed by atoms with Crippen LogP contribution < -0.4 is 0 Å². The van der Waals surface area contributed by atoms with Crippen molar-refractivity contribution < 1.29 is 9.90 Å². The third-order valence-electron chi connectivity index (χ3n) is 3.51. The Hall–Kier alpha value is -1.29. The fourth-order valence-corrected chi connectivity index (χ4v) is 2.46. The highest BCUT2D eigenvalue weighted by atomic mass is 16.3. The molecule has 94 valence electrons. The molecule has 1 unspecified atom stereocenters. The second-order valence-corrected chi connectivity index (χ2v) is 4.69. The fraction of sp³-hybridized carbons (Fsp3) is 0.615. The normalized spacial score (nSPS) is 21.3. The average molecular weight is 236 g/mol. The van der Waals surface area contributed by atoms with E-state index in [2.05, 4.69) is 0 Å². The largest absolute Gasteiger partial charge is 0.394 e. The number of hydrogen-bond acceptors (Lipinski definition) is 2. The monoisotopic (exact) mass is 236 g/mol. The average Bonchev–Trinajstić information content (AvgIpc) is 2.64. The summed E-state index contributed by atoms with van der Waals surface area (Å²) in [5.74, 6) is 0.0402. The zero-order chi connectivity index (χ0) is 12.3. The Labute approximate surface area is 102 Å². The lowest BCUT2D eigenvalue weighted by molar-refractivity contribution is 0.0590. The molecule has 0 aromatic carbocycles. The number of hydrogen-bond donors (Lipinski definition) is 1. The van der Waals surface area contributed by atoms with Crippen molar-refractivity contribution in [2.24, 2.45) is 7.05 Å². The third kappa shape index (κ3) is 2.52. The first-order valence-electron chi connectivity index (χ1n) is 6.27. The molecule has 1 aromatic rings. The molecule has 0 saturated carbocycles. The third-order valence-corrected chi connectivity index (χ3v) is 3.51. The summed E-state index contributed by atoms with van der Waals surface area (Å²) in [7, 11) is 1.87. The summed E-state index contributed by atoms with van der Waals surface area (Å²) in [5.41, 5.74) is 0.699. The predicted octanol–water partition coefficient (Wildman–Crippen LogP) is 1.40. The van der Waals surface area contributed by atoms with Crippen molar-refractivity contribution >= 4 is 5.91 Å². The first-order valence-corrected chi connectivity index (χ1v) is 6.27. The number of aromatic nitrogens is 1. The van der Waals surface area contributed by atoms with Gasteiger partial charge in [0.1, 0.15) is 5.69 Å². The quantitative estimate of drug-likeness (QED) is 0.843. The van der Waals surface area contributed by atoms with E-state index in [-0.39, 0.29) is 18.6 Å². The van der Waals surface area contributed by atoms with Crippen molar-refractivity contribution in [3.63, 3.8) is 0 Å². The van der Waals surface area contributed by atoms with Crippen LogP contribution in [0.25, 0.3) is 0 Å². The van der Waals surface area contributed by atoms with Crippen LogP contribution in [0, 0.1) is 0 Å². The summed E-state index contributed by atoms with van der Waals surface area (Å²) < 4.78 is 1.83. The standard InChI is InChI=1S/C13H20N2O2/c1-14-8-5-7-12(14)13(17)15-9-4-2-3-6-11(15)10-16/h5,7-8,11,16H,2-4,6,9-10H2,1H3. The topological polar surface area (TPSA) is 45.5 Å². The molecule has 0 spiro atoms. The van der Waals surface area contributed by atoms with Gasteiger partial charge in [0.2, 0.25) is 0 Å². The number of amides is 1. The van der Waals surface area contributed by atoms with E-state index < -0.39 is 0 Å². The number of aryl methyl sites for hydroxylation is 1. The molecular weight excluding hydrogens is 216 g/mol. The fourth-order valence-electron chi connectivity index (χ4n) is 2.46. The molecule has 17 heavy (non-hydrogen) atoms. The van der Waals surface area contributed by atoms with Crippen molar-refractivity contribution in [3.8, 4) is 0 Å². The Morgan fingerprint density at radius 2 is 2.29 bits per heavy atom.